The van der Waals surface area contributed by atoms with E-state index in [4.69, 9.17) is 5.73 Å². The zero-order valence-corrected chi connectivity index (χ0v) is 8.01. The predicted octanol–water partition coefficient (Wildman–Crippen LogP) is 1.21. The lowest BCUT2D eigenvalue weighted by Gasteiger charge is -2.31. The van der Waals surface area contributed by atoms with Gasteiger partial charge in [-0.3, -0.25) is 4.99 Å². The number of rotatable bonds is 2. The highest BCUT2D eigenvalue weighted by molar-refractivity contribution is 5.78. The number of hydrogen-bond donors (Lipinski definition) is 1. The van der Waals surface area contributed by atoms with Crippen molar-refractivity contribution in [1.29, 1.82) is 0 Å². The minimum atomic E-state index is -4.18. The molecule has 14 heavy (non-hydrogen) atoms. The molecule has 6 heteroatoms. The fourth-order valence-corrected chi connectivity index (χ4v) is 0.979. The van der Waals surface area contributed by atoms with Gasteiger partial charge in [0.1, 0.15) is 0 Å². The van der Waals surface area contributed by atoms with E-state index in [9.17, 15) is 13.2 Å². The topological polar surface area (TPSA) is 41.6 Å². The van der Waals surface area contributed by atoms with Crippen LogP contribution in [0.15, 0.2) is 4.99 Å². The predicted molar refractivity (Wildman–Crippen MR) is 47.9 cm³/mol. The van der Waals surface area contributed by atoms with E-state index in [-0.39, 0.29) is 12.5 Å². The molecular weight excluding hydrogens is 195 g/mol. The molecule has 0 amide bonds. The zero-order chi connectivity index (χ0) is 10.8. The number of alkyl halides is 3. The Morgan fingerprint density at radius 2 is 2.07 bits per heavy atom. The summed E-state index contributed by atoms with van der Waals surface area (Å²) in [4.78, 5) is 5.48. The number of halogens is 3. The van der Waals surface area contributed by atoms with Gasteiger partial charge in [-0.05, 0) is 6.42 Å². The van der Waals surface area contributed by atoms with Crippen LogP contribution in [0, 0.1) is 5.92 Å². The standard InChI is InChI=1S/C8H14F3N3/c1-6(8(9,10)11)5-13-7(12)14-3-2-4-14/h6H,2-5H2,1H3,(H2,12,13). The van der Waals surface area contributed by atoms with Gasteiger partial charge in [0, 0.05) is 13.1 Å². The van der Waals surface area contributed by atoms with Crippen LogP contribution in [-0.4, -0.2) is 36.7 Å². The Kier molecular flexibility index (Phi) is 3.23. The highest BCUT2D eigenvalue weighted by atomic mass is 19.4. The molecule has 0 aromatic heterocycles. The number of hydrogen-bond acceptors (Lipinski definition) is 1. The SMILES string of the molecule is CC(CN=C(N)N1CCC1)C(F)(F)F. The Balaban J connectivity index is 2.37. The third-order valence-corrected chi connectivity index (χ3v) is 2.27. The van der Waals surface area contributed by atoms with E-state index >= 15 is 0 Å². The van der Waals surface area contributed by atoms with Gasteiger partial charge in [0.2, 0.25) is 0 Å². The lowest BCUT2D eigenvalue weighted by atomic mass is 10.2. The van der Waals surface area contributed by atoms with Crippen molar-refractivity contribution in [2.24, 2.45) is 16.6 Å². The minimum Gasteiger partial charge on any atom is -0.370 e. The second-order valence-electron chi connectivity index (χ2n) is 3.48. The van der Waals surface area contributed by atoms with E-state index in [2.05, 4.69) is 4.99 Å². The molecule has 82 valence electrons. The van der Waals surface area contributed by atoms with Crippen molar-refractivity contribution in [3.05, 3.63) is 0 Å². The van der Waals surface area contributed by atoms with E-state index in [1.54, 1.807) is 4.90 Å². The third-order valence-electron chi connectivity index (χ3n) is 2.27. The Labute approximate surface area is 80.8 Å². The second-order valence-corrected chi connectivity index (χ2v) is 3.48. The van der Waals surface area contributed by atoms with Crippen LogP contribution in [-0.2, 0) is 0 Å². The second kappa shape index (κ2) is 4.06. The summed E-state index contributed by atoms with van der Waals surface area (Å²) in [6.07, 6.45) is -3.15. The molecule has 1 atom stereocenters. The summed E-state index contributed by atoms with van der Waals surface area (Å²) in [5, 5.41) is 0. The van der Waals surface area contributed by atoms with Gasteiger partial charge in [-0.1, -0.05) is 6.92 Å². The van der Waals surface area contributed by atoms with Gasteiger partial charge in [-0.2, -0.15) is 13.2 Å². The number of guanidine groups is 1. The minimum absolute atomic E-state index is 0.229. The Bertz CT molecular complexity index is 220. The Morgan fingerprint density at radius 1 is 1.50 bits per heavy atom. The first kappa shape index (κ1) is 11.1. The zero-order valence-electron chi connectivity index (χ0n) is 8.01. The summed E-state index contributed by atoms with van der Waals surface area (Å²) in [5.74, 6) is -1.20. The van der Waals surface area contributed by atoms with Crippen molar-refractivity contribution in [3.63, 3.8) is 0 Å². The lowest BCUT2D eigenvalue weighted by molar-refractivity contribution is -0.166. The van der Waals surface area contributed by atoms with E-state index in [1.165, 1.54) is 0 Å². The van der Waals surface area contributed by atoms with Crippen molar-refractivity contribution in [1.82, 2.24) is 4.90 Å². The summed E-state index contributed by atoms with van der Waals surface area (Å²) in [5.41, 5.74) is 5.48. The monoisotopic (exact) mass is 209 g/mol. The quantitative estimate of drug-likeness (QED) is 0.548. The van der Waals surface area contributed by atoms with Gasteiger partial charge in [0.25, 0.3) is 0 Å². The summed E-state index contributed by atoms with van der Waals surface area (Å²) in [6, 6.07) is 0. The molecule has 0 aromatic carbocycles. The molecule has 1 aliphatic rings. The van der Waals surface area contributed by atoms with Crippen molar-refractivity contribution in [2.45, 2.75) is 19.5 Å². The highest BCUT2D eigenvalue weighted by Gasteiger charge is 2.35. The highest BCUT2D eigenvalue weighted by Crippen LogP contribution is 2.25. The molecule has 0 bridgehead atoms. The fourth-order valence-electron chi connectivity index (χ4n) is 0.979. The maximum atomic E-state index is 12.1. The van der Waals surface area contributed by atoms with E-state index < -0.39 is 12.1 Å². The largest absolute Gasteiger partial charge is 0.393 e. The van der Waals surface area contributed by atoms with Crippen LogP contribution in [0.2, 0.25) is 0 Å². The molecule has 1 saturated heterocycles. The van der Waals surface area contributed by atoms with Gasteiger partial charge < -0.3 is 10.6 Å². The molecule has 1 aliphatic heterocycles. The first-order chi connectivity index (χ1) is 6.41. The molecule has 2 N–H and O–H groups in total. The maximum Gasteiger partial charge on any atom is 0.393 e. The van der Waals surface area contributed by atoms with Gasteiger partial charge in [-0.25, -0.2) is 0 Å². The van der Waals surface area contributed by atoms with Crippen LogP contribution in [0.4, 0.5) is 13.2 Å². The molecule has 1 fully saturated rings. The van der Waals surface area contributed by atoms with Crippen LogP contribution >= 0.6 is 0 Å². The Hall–Kier alpha value is -0.940. The van der Waals surface area contributed by atoms with Crippen LogP contribution in [0.3, 0.4) is 0 Å². The maximum absolute atomic E-state index is 12.1. The fraction of sp³-hybridized carbons (Fsp3) is 0.875. The van der Waals surface area contributed by atoms with Crippen molar-refractivity contribution in [3.8, 4) is 0 Å². The molecule has 1 heterocycles. The number of nitrogens with zero attached hydrogens (tertiary/aromatic N) is 2. The van der Waals surface area contributed by atoms with Gasteiger partial charge in [0.05, 0.1) is 12.5 Å². The number of aliphatic imine (C=N–C) groups is 1. The normalized spacial score (nSPS) is 20.6. The lowest BCUT2D eigenvalue weighted by Crippen LogP contribution is -2.46. The van der Waals surface area contributed by atoms with E-state index in [0.29, 0.717) is 0 Å². The summed E-state index contributed by atoms with van der Waals surface area (Å²) < 4.78 is 36.2. The van der Waals surface area contributed by atoms with Crippen molar-refractivity contribution >= 4 is 5.96 Å². The van der Waals surface area contributed by atoms with Crippen LogP contribution in [0.1, 0.15) is 13.3 Å². The molecule has 1 rings (SSSR count). The molecule has 0 saturated carbocycles. The van der Waals surface area contributed by atoms with Crippen molar-refractivity contribution < 1.29 is 13.2 Å². The molecule has 0 aromatic rings. The van der Waals surface area contributed by atoms with Crippen molar-refractivity contribution in [2.75, 3.05) is 19.6 Å². The Morgan fingerprint density at radius 3 is 2.43 bits per heavy atom. The van der Waals surface area contributed by atoms with E-state index in [1.807, 2.05) is 0 Å². The summed E-state index contributed by atoms with van der Waals surface area (Å²) >= 11 is 0. The van der Waals surface area contributed by atoms with Crippen LogP contribution < -0.4 is 5.73 Å². The molecule has 0 aliphatic carbocycles. The molecular formula is C8H14F3N3. The van der Waals surface area contributed by atoms with Gasteiger partial charge in [0.15, 0.2) is 5.96 Å². The molecule has 0 spiro atoms. The third kappa shape index (κ3) is 2.78. The summed E-state index contributed by atoms with van der Waals surface area (Å²) in [7, 11) is 0. The van der Waals surface area contributed by atoms with E-state index in [0.717, 1.165) is 26.4 Å². The van der Waals surface area contributed by atoms with Crippen LogP contribution in [0.25, 0.3) is 0 Å². The number of likely N-dealkylation sites (tertiary alicyclic amines) is 1. The first-order valence-corrected chi connectivity index (χ1v) is 4.53. The summed E-state index contributed by atoms with van der Waals surface area (Å²) in [6.45, 7) is 2.42. The molecule has 3 nitrogen and oxygen atoms in total. The first-order valence-electron chi connectivity index (χ1n) is 4.53. The van der Waals surface area contributed by atoms with Gasteiger partial charge >= 0.3 is 6.18 Å². The average Bonchev–Trinajstić information content (AvgIpc) is 1.94. The number of nitrogens with two attached hydrogens (primary N) is 1. The smallest absolute Gasteiger partial charge is 0.370 e. The van der Waals surface area contributed by atoms with Gasteiger partial charge in [-0.15, -0.1) is 0 Å². The average molecular weight is 209 g/mol. The van der Waals surface area contributed by atoms with Crippen LogP contribution in [0.5, 0.6) is 0 Å². The molecule has 1 unspecified atom stereocenters. The molecule has 0 radical (unpaired) electrons.